The van der Waals surface area contributed by atoms with E-state index in [1.165, 1.54) is 4.88 Å². The minimum atomic E-state index is -0.203. The van der Waals surface area contributed by atoms with E-state index in [1.807, 2.05) is 31.4 Å². The number of carbonyl (C=O) groups excluding carboxylic acids is 2. The van der Waals surface area contributed by atoms with Gasteiger partial charge >= 0.3 is 0 Å². The molecule has 1 aromatic heterocycles. The molecule has 0 aliphatic rings. The standard InChI is InChI=1S/C21H29N3O4S/c1-4-27-18-9-8-16(13-19(18)28-5-2)23-21(26)15-24(3)14-20(25)22-11-10-17-7-6-12-29-17/h6-9,12-13H,4-5,10-11,14-15H2,1-3H3,(H,22,25)(H,23,26). The number of benzene rings is 1. The lowest BCUT2D eigenvalue weighted by atomic mass is 10.2. The number of rotatable bonds is 12. The Kier molecular flexibility index (Phi) is 9.46. The molecule has 1 heterocycles. The summed E-state index contributed by atoms with van der Waals surface area (Å²) < 4.78 is 11.1. The third kappa shape index (κ3) is 8.13. The smallest absolute Gasteiger partial charge is 0.238 e. The van der Waals surface area contributed by atoms with Crippen LogP contribution in [-0.2, 0) is 16.0 Å². The van der Waals surface area contributed by atoms with Gasteiger partial charge in [0, 0.05) is 23.2 Å². The Bertz CT molecular complexity index is 780. The van der Waals surface area contributed by atoms with Crippen LogP contribution in [0.2, 0.25) is 0 Å². The van der Waals surface area contributed by atoms with E-state index >= 15 is 0 Å². The average Bonchev–Trinajstić information content (AvgIpc) is 3.17. The van der Waals surface area contributed by atoms with E-state index in [2.05, 4.69) is 10.6 Å². The third-order valence-electron chi connectivity index (χ3n) is 3.93. The normalized spacial score (nSPS) is 10.6. The number of likely N-dealkylation sites (N-methyl/N-ethyl adjacent to an activating group) is 1. The Morgan fingerprint density at radius 2 is 1.76 bits per heavy atom. The molecule has 0 saturated heterocycles. The average molecular weight is 420 g/mol. The Morgan fingerprint density at radius 1 is 1.03 bits per heavy atom. The van der Waals surface area contributed by atoms with Crippen LogP contribution in [0.25, 0.3) is 0 Å². The van der Waals surface area contributed by atoms with E-state index < -0.39 is 0 Å². The lowest BCUT2D eigenvalue weighted by molar-refractivity contribution is -0.122. The molecule has 2 aromatic rings. The van der Waals surface area contributed by atoms with Crippen molar-refractivity contribution in [1.82, 2.24) is 10.2 Å². The van der Waals surface area contributed by atoms with Crippen LogP contribution in [0, 0.1) is 0 Å². The van der Waals surface area contributed by atoms with Crippen molar-refractivity contribution in [2.45, 2.75) is 20.3 Å². The first kappa shape index (κ1) is 22.7. The van der Waals surface area contributed by atoms with Gasteiger partial charge in [-0.15, -0.1) is 11.3 Å². The highest BCUT2D eigenvalue weighted by atomic mass is 32.1. The number of anilines is 1. The lowest BCUT2D eigenvalue weighted by Gasteiger charge is -2.17. The fourth-order valence-electron chi connectivity index (χ4n) is 2.71. The number of ether oxygens (including phenoxy) is 2. The molecule has 2 rings (SSSR count). The zero-order chi connectivity index (χ0) is 21.1. The molecule has 7 nitrogen and oxygen atoms in total. The largest absolute Gasteiger partial charge is 0.490 e. The minimum absolute atomic E-state index is 0.100. The van der Waals surface area contributed by atoms with Crippen LogP contribution in [-0.4, -0.2) is 56.6 Å². The summed E-state index contributed by atoms with van der Waals surface area (Å²) in [5.74, 6) is 0.927. The molecular formula is C21H29N3O4S. The quantitative estimate of drug-likeness (QED) is 0.553. The number of carbonyl (C=O) groups is 2. The van der Waals surface area contributed by atoms with Crippen LogP contribution in [0.4, 0.5) is 5.69 Å². The first-order valence-corrected chi connectivity index (χ1v) is 10.6. The van der Waals surface area contributed by atoms with Crippen LogP contribution < -0.4 is 20.1 Å². The van der Waals surface area contributed by atoms with E-state index in [1.54, 1.807) is 41.5 Å². The summed E-state index contributed by atoms with van der Waals surface area (Å²) in [6, 6.07) is 9.32. The van der Waals surface area contributed by atoms with Crippen molar-refractivity contribution < 1.29 is 19.1 Å². The molecule has 0 radical (unpaired) electrons. The van der Waals surface area contributed by atoms with E-state index in [0.29, 0.717) is 36.9 Å². The van der Waals surface area contributed by atoms with Gasteiger partial charge in [-0.1, -0.05) is 6.07 Å². The number of hydrogen-bond acceptors (Lipinski definition) is 6. The van der Waals surface area contributed by atoms with Crippen molar-refractivity contribution in [3.05, 3.63) is 40.6 Å². The van der Waals surface area contributed by atoms with Gasteiger partial charge in [0.05, 0.1) is 26.3 Å². The first-order chi connectivity index (χ1) is 14.0. The number of thiophene rings is 1. The summed E-state index contributed by atoms with van der Waals surface area (Å²) >= 11 is 1.67. The maximum Gasteiger partial charge on any atom is 0.238 e. The zero-order valence-corrected chi connectivity index (χ0v) is 18.0. The van der Waals surface area contributed by atoms with Crippen LogP contribution in [0.15, 0.2) is 35.7 Å². The Hall–Kier alpha value is -2.58. The predicted molar refractivity (Wildman–Crippen MR) is 116 cm³/mol. The van der Waals surface area contributed by atoms with Gasteiger partial charge in [0.25, 0.3) is 0 Å². The Labute approximate surface area is 176 Å². The van der Waals surface area contributed by atoms with Gasteiger partial charge in [0.15, 0.2) is 11.5 Å². The van der Waals surface area contributed by atoms with Crippen molar-refractivity contribution in [2.24, 2.45) is 0 Å². The highest BCUT2D eigenvalue weighted by Gasteiger charge is 2.12. The highest BCUT2D eigenvalue weighted by molar-refractivity contribution is 7.09. The number of nitrogens with zero attached hydrogens (tertiary/aromatic N) is 1. The van der Waals surface area contributed by atoms with Gasteiger partial charge in [-0.3, -0.25) is 14.5 Å². The van der Waals surface area contributed by atoms with E-state index in [9.17, 15) is 9.59 Å². The van der Waals surface area contributed by atoms with Crippen molar-refractivity contribution in [1.29, 1.82) is 0 Å². The predicted octanol–water partition coefficient (Wildman–Crippen LogP) is 2.77. The van der Waals surface area contributed by atoms with Crippen LogP contribution >= 0.6 is 11.3 Å². The van der Waals surface area contributed by atoms with E-state index in [4.69, 9.17) is 9.47 Å². The summed E-state index contributed by atoms with van der Waals surface area (Å²) in [4.78, 5) is 27.2. The van der Waals surface area contributed by atoms with E-state index in [-0.39, 0.29) is 24.9 Å². The lowest BCUT2D eigenvalue weighted by Crippen LogP contribution is -2.39. The van der Waals surface area contributed by atoms with Crippen molar-refractivity contribution in [2.75, 3.05) is 45.2 Å². The maximum absolute atomic E-state index is 12.3. The highest BCUT2D eigenvalue weighted by Crippen LogP contribution is 2.30. The van der Waals surface area contributed by atoms with Gasteiger partial charge in [-0.05, 0) is 50.9 Å². The molecule has 2 amide bonds. The third-order valence-corrected chi connectivity index (χ3v) is 4.86. The minimum Gasteiger partial charge on any atom is -0.490 e. The molecule has 0 spiro atoms. The SMILES string of the molecule is CCOc1ccc(NC(=O)CN(C)CC(=O)NCCc2cccs2)cc1OCC. The second-order valence-electron chi connectivity index (χ2n) is 6.43. The molecule has 29 heavy (non-hydrogen) atoms. The summed E-state index contributed by atoms with van der Waals surface area (Å²) in [5.41, 5.74) is 0.621. The molecule has 0 fully saturated rings. The second kappa shape index (κ2) is 12.1. The molecule has 0 saturated carbocycles. The summed E-state index contributed by atoms with van der Waals surface area (Å²) in [5, 5.41) is 7.73. The van der Waals surface area contributed by atoms with Gasteiger partial charge in [-0.2, -0.15) is 0 Å². The van der Waals surface area contributed by atoms with Gasteiger partial charge in [0.2, 0.25) is 11.8 Å². The number of hydrogen-bond donors (Lipinski definition) is 2. The van der Waals surface area contributed by atoms with Crippen LogP contribution in [0.5, 0.6) is 11.5 Å². The number of nitrogens with one attached hydrogen (secondary N) is 2. The van der Waals surface area contributed by atoms with Gasteiger partial charge < -0.3 is 20.1 Å². The monoisotopic (exact) mass is 419 g/mol. The van der Waals surface area contributed by atoms with Crippen molar-refractivity contribution in [3.8, 4) is 11.5 Å². The second-order valence-corrected chi connectivity index (χ2v) is 7.46. The van der Waals surface area contributed by atoms with E-state index in [0.717, 1.165) is 6.42 Å². The van der Waals surface area contributed by atoms with Crippen LogP contribution in [0.1, 0.15) is 18.7 Å². The maximum atomic E-state index is 12.3. The van der Waals surface area contributed by atoms with Gasteiger partial charge in [0.1, 0.15) is 0 Å². The molecular weight excluding hydrogens is 390 g/mol. The fraction of sp³-hybridized carbons (Fsp3) is 0.429. The molecule has 0 bridgehead atoms. The Morgan fingerprint density at radius 3 is 2.45 bits per heavy atom. The van der Waals surface area contributed by atoms with Crippen molar-refractivity contribution in [3.63, 3.8) is 0 Å². The topological polar surface area (TPSA) is 79.9 Å². The summed E-state index contributed by atoms with van der Waals surface area (Å²) in [6.45, 7) is 5.68. The number of amides is 2. The molecule has 0 aliphatic carbocycles. The summed E-state index contributed by atoms with van der Waals surface area (Å²) in [6.07, 6.45) is 0.813. The molecule has 8 heteroatoms. The molecule has 158 valence electrons. The Balaban J connectivity index is 1.77. The summed E-state index contributed by atoms with van der Waals surface area (Å²) in [7, 11) is 1.74. The van der Waals surface area contributed by atoms with Gasteiger partial charge in [-0.25, -0.2) is 0 Å². The molecule has 0 atom stereocenters. The van der Waals surface area contributed by atoms with Crippen LogP contribution in [0.3, 0.4) is 0 Å². The zero-order valence-electron chi connectivity index (χ0n) is 17.2. The fourth-order valence-corrected chi connectivity index (χ4v) is 3.42. The van der Waals surface area contributed by atoms with Crippen molar-refractivity contribution >= 4 is 28.8 Å². The molecule has 0 unspecified atom stereocenters. The molecule has 0 aliphatic heterocycles. The molecule has 2 N–H and O–H groups in total. The first-order valence-electron chi connectivity index (χ1n) is 9.69. The molecule has 1 aromatic carbocycles.